The molecule has 1 aliphatic rings. The van der Waals surface area contributed by atoms with Crippen LogP contribution in [0.1, 0.15) is 44.9 Å². The van der Waals surface area contributed by atoms with Crippen molar-refractivity contribution >= 4 is 22.4 Å². The lowest BCUT2D eigenvalue weighted by molar-refractivity contribution is -0.0519. The Hall–Kier alpha value is -1.38. The fourth-order valence-corrected chi connectivity index (χ4v) is 3.28. The fraction of sp³-hybridized carbons (Fsp3) is 0.733. The van der Waals surface area contributed by atoms with Crippen LogP contribution in [0, 0.1) is 5.92 Å². The molecule has 130 valence electrons. The molecule has 3 N–H and O–H groups in total. The van der Waals surface area contributed by atoms with Crippen LogP contribution in [0.25, 0.3) is 0 Å². The van der Waals surface area contributed by atoms with E-state index in [2.05, 4.69) is 10.3 Å². The van der Waals surface area contributed by atoms with E-state index in [1.54, 1.807) is 0 Å². The second kappa shape index (κ2) is 9.69. The number of ether oxygens (including phenoxy) is 2. The lowest BCUT2D eigenvalue weighted by Gasteiger charge is -2.09. The molecule has 23 heavy (non-hydrogen) atoms. The van der Waals surface area contributed by atoms with Crippen LogP contribution in [0.2, 0.25) is 0 Å². The van der Waals surface area contributed by atoms with Gasteiger partial charge in [-0.15, -0.1) is 0 Å². The minimum absolute atomic E-state index is 0.103. The number of hydrogen-bond acceptors (Lipinski definition) is 7. The van der Waals surface area contributed by atoms with Crippen LogP contribution in [-0.4, -0.2) is 40.8 Å². The topological polar surface area (TPSA) is 101 Å². The fourth-order valence-electron chi connectivity index (χ4n) is 2.61. The first kappa shape index (κ1) is 18.0. The molecule has 7 nitrogen and oxygen atoms in total. The Morgan fingerprint density at radius 2 is 2.17 bits per heavy atom. The van der Waals surface area contributed by atoms with Crippen molar-refractivity contribution in [2.45, 2.75) is 51.2 Å². The third-order valence-corrected chi connectivity index (χ3v) is 4.60. The highest BCUT2D eigenvalue weighted by molar-refractivity contribution is 7.17. The molecular formula is C15H24N2O5S. The molecule has 0 saturated heterocycles. The molecule has 0 unspecified atom stereocenters. The van der Waals surface area contributed by atoms with E-state index >= 15 is 0 Å². The second-order valence-electron chi connectivity index (χ2n) is 5.66. The summed E-state index contributed by atoms with van der Waals surface area (Å²) in [6.07, 6.45) is 7.01. The molecule has 1 aromatic heterocycles. The number of amides is 1. The summed E-state index contributed by atoms with van der Waals surface area (Å²) in [5, 5.41) is 20.9. The van der Waals surface area contributed by atoms with E-state index in [4.69, 9.17) is 19.7 Å². The van der Waals surface area contributed by atoms with Gasteiger partial charge in [0.05, 0.1) is 19.4 Å². The van der Waals surface area contributed by atoms with Crippen LogP contribution in [0.3, 0.4) is 0 Å². The van der Waals surface area contributed by atoms with Gasteiger partial charge in [0.2, 0.25) is 0 Å². The van der Waals surface area contributed by atoms with E-state index in [9.17, 15) is 4.79 Å². The maximum atomic E-state index is 11.7. The van der Waals surface area contributed by atoms with E-state index in [0.717, 1.165) is 30.1 Å². The van der Waals surface area contributed by atoms with Gasteiger partial charge in [-0.1, -0.05) is 37.0 Å². The molecule has 1 aliphatic carbocycles. The van der Waals surface area contributed by atoms with E-state index < -0.39 is 12.4 Å². The van der Waals surface area contributed by atoms with Gasteiger partial charge in [0.25, 0.3) is 5.19 Å². The van der Waals surface area contributed by atoms with Crippen molar-refractivity contribution in [3.63, 3.8) is 0 Å². The normalized spacial score (nSPS) is 15.1. The van der Waals surface area contributed by atoms with Crippen LogP contribution < -0.4 is 10.1 Å². The van der Waals surface area contributed by atoms with E-state index in [1.807, 2.05) is 0 Å². The summed E-state index contributed by atoms with van der Waals surface area (Å²) in [5.41, 5.74) is 0. The Balaban J connectivity index is 1.58. The number of thiazole rings is 1. The van der Waals surface area contributed by atoms with Crippen LogP contribution in [0.5, 0.6) is 5.19 Å². The van der Waals surface area contributed by atoms with Crippen molar-refractivity contribution in [2.24, 2.45) is 5.92 Å². The first-order valence-electron chi connectivity index (χ1n) is 8.02. The summed E-state index contributed by atoms with van der Waals surface area (Å²) in [6.45, 7) is 0.578. The lowest BCUT2D eigenvalue weighted by Crippen LogP contribution is -2.14. The number of nitrogens with zero attached hydrogens (tertiary/aromatic N) is 1. The molecule has 0 radical (unpaired) electrons. The van der Waals surface area contributed by atoms with Gasteiger partial charge in [-0.3, -0.25) is 5.32 Å². The third kappa shape index (κ3) is 7.15. The zero-order valence-corrected chi connectivity index (χ0v) is 13.9. The van der Waals surface area contributed by atoms with Crippen LogP contribution in [0.15, 0.2) is 6.20 Å². The Kier molecular flexibility index (Phi) is 7.57. The molecule has 1 aromatic rings. The zero-order chi connectivity index (χ0) is 16.5. The average molecular weight is 344 g/mol. The molecule has 0 spiro atoms. The van der Waals surface area contributed by atoms with Gasteiger partial charge >= 0.3 is 6.09 Å². The minimum Gasteiger partial charge on any atom is -0.470 e. The first-order valence-corrected chi connectivity index (χ1v) is 8.83. The predicted molar refractivity (Wildman–Crippen MR) is 86.6 cm³/mol. The van der Waals surface area contributed by atoms with Gasteiger partial charge in [0.15, 0.2) is 6.29 Å². The van der Waals surface area contributed by atoms with Gasteiger partial charge in [0.1, 0.15) is 5.00 Å². The second-order valence-corrected chi connectivity index (χ2v) is 6.65. The van der Waals surface area contributed by atoms with E-state index in [-0.39, 0.29) is 13.0 Å². The summed E-state index contributed by atoms with van der Waals surface area (Å²) in [7, 11) is 0. The first-order chi connectivity index (χ1) is 11.1. The summed E-state index contributed by atoms with van der Waals surface area (Å²) in [5.74, 6) is 0.806. The number of rotatable bonds is 9. The standard InChI is InChI=1S/C15H24N2O5S/c18-13(19)7-9-22-15-16-10-12(23-15)17-14(20)21-8-3-6-11-4-1-2-5-11/h10-11,13,18-19H,1-9H2,(H,17,20). The molecule has 1 fully saturated rings. The molecule has 1 heterocycles. The lowest BCUT2D eigenvalue weighted by atomic mass is 10.0. The molecule has 2 rings (SSSR count). The Morgan fingerprint density at radius 1 is 1.39 bits per heavy atom. The SMILES string of the molecule is O=C(Nc1cnc(OCCC(O)O)s1)OCCCC1CCCC1. The average Bonchev–Trinajstić information content (AvgIpc) is 3.15. The van der Waals surface area contributed by atoms with E-state index in [1.165, 1.54) is 31.9 Å². The maximum absolute atomic E-state index is 11.7. The molecule has 8 heteroatoms. The summed E-state index contributed by atoms with van der Waals surface area (Å²) in [4.78, 5) is 15.6. The molecule has 1 amide bonds. The van der Waals surface area contributed by atoms with Gasteiger partial charge in [-0.2, -0.15) is 0 Å². The zero-order valence-electron chi connectivity index (χ0n) is 13.1. The van der Waals surface area contributed by atoms with Crippen molar-refractivity contribution in [3.05, 3.63) is 6.20 Å². The van der Waals surface area contributed by atoms with Crippen molar-refractivity contribution < 1.29 is 24.5 Å². The minimum atomic E-state index is -1.40. The third-order valence-electron chi connectivity index (χ3n) is 3.78. The number of anilines is 1. The highest BCUT2D eigenvalue weighted by Crippen LogP contribution is 2.28. The molecule has 0 bridgehead atoms. The van der Waals surface area contributed by atoms with Crippen LogP contribution in [0.4, 0.5) is 9.80 Å². The predicted octanol–water partition coefficient (Wildman–Crippen LogP) is 2.74. The quantitative estimate of drug-likeness (QED) is 0.470. The number of aliphatic hydroxyl groups is 2. The number of carbonyl (C=O) groups excluding carboxylic acids is 1. The molecule has 0 aromatic carbocycles. The van der Waals surface area contributed by atoms with Crippen molar-refractivity contribution in [1.82, 2.24) is 4.98 Å². The van der Waals surface area contributed by atoms with Crippen LogP contribution >= 0.6 is 11.3 Å². The Morgan fingerprint density at radius 3 is 2.91 bits per heavy atom. The number of hydrogen-bond donors (Lipinski definition) is 3. The monoisotopic (exact) mass is 344 g/mol. The van der Waals surface area contributed by atoms with Gasteiger partial charge in [-0.25, -0.2) is 9.78 Å². The highest BCUT2D eigenvalue weighted by Gasteiger charge is 2.14. The highest BCUT2D eigenvalue weighted by atomic mass is 32.1. The summed E-state index contributed by atoms with van der Waals surface area (Å²) in [6, 6.07) is 0. The van der Waals surface area contributed by atoms with E-state index in [0.29, 0.717) is 16.8 Å². The van der Waals surface area contributed by atoms with Gasteiger partial charge in [-0.05, 0) is 18.8 Å². The Labute approximate surface area is 139 Å². The van der Waals surface area contributed by atoms with Crippen molar-refractivity contribution in [2.75, 3.05) is 18.5 Å². The summed E-state index contributed by atoms with van der Waals surface area (Å²) < 4.78 is 10.4. The molecule has 0 atom stereocenters. The summed E-state index contributed by atoms with van der Waals surface area (Å²) >= 11 is 1.16. The van der Waals surface area contributed by atoms with Crippen molar-refractivity contribution in [3.8, 4) is 5.19 Å². The number of aromatic nitrogens is 1. The number of aliphatic hydroxyl groups excluding tert-OH is 1. The molecular weight excluding hydrogens is 320 g/mol. The number of carbonyl (C=O) groups is 1. The van der Waals surface area contributed by atoms with Crippen LogP contribution in [-0.2, 0) is 4.74 Å². The van der Waals surface area contributed by atoms with Gasteiger partial charge in [0, 0.05) is 6.42 Å². The maximum Gasteiger partial charge on any atom is 0.412 e. The molecule has 1 saturated carbocycles. The Bertz CT molecular complexity index is 474. The largest absolute Gasteiger partial charge is 0.470 e. The molecule has 0 aliphatic heterocycles. The van der Waals surface area contributed by atoms with Gasteiger partial charge < -0.3 is 19.7 Å². The smallest absolute Gasteiger partial charge is 0.412 e. The number of nitrogens with one attached hydrogen (secondary N) is 1. The van der Waals surface area contributed by atoms with Crippen molar-refractivity contribution in [1.29, 1.82) is 0 Å².